The molecule has 0 N–H and O–H groups in total. The van der Waals surface area contributed by atoms with Gasteiger partial charge in [0.05, 0.1) is 22.4 Å². The van der Waals surface area contributed by atoms with Gasteiger partial charge < -0.3 is 0 Å². The maximum atomic E-state index is 5.08. The Kier molecular flexibility index (Phi) is 27.1. The molecule has 3 heteroatoms. The second kappa shape index (κ2) is 30.4. The number of unbranched alkanes of at least 4 members (excludes halogenated alkanes) is 30. The smallest absolute Gasteiger partial charge is 0.0997 e. The van der Waals surface area contributed by atoms with Crippen LogP contribution in [0.3, 0.4) is 0 Å². The van der Waals surface area contributed by atoms with Crippen LogP contribution in [0.25, 0.3) is 11.0 Å². The summed E-state index contributed by atoms with van der Waals surface area (Å²) in [5, 5.41) is 4.36. The van der Waals surface area contributed by atoms with Crippen molar-refractivity contribution in [2.45, 2.75) is 232 Å². The Labute approximate surface area is 285 Å². The predicted molar refractivity (Wildman–Crippen MR) is 204 cm³/mol. The molecule has 45 heavy (non-hydrogen) atoms. The van der Waals surface area contributed by atoms with Crippen molar-refractivity contribution < 1.29 is 0 Å². The molecule has 2 aromatic rings. The lowest BCUT2D eigenvalue weighted by molar-refractivity contribution is 0.528. The first-order valence-electron chi connectivity index (χ1n) is 20.6. The summed E-state index contributed by atoms with van der Waals surface area (Å²) in [5.74, 6) is 0. The number of fused-ring (bicyclic) bond motifs is 1. The van der Waals surface area contributed by atoms with Crippen molar-refractivity contribution >= 4 is 22.4 Å². The molecule has 2 heterocycles. The Balaban J connectivity index is 1.45. The molecule has 0 spiro atoms. The van der Waals surface area contributed by atoms with E-state index in [0.717, 1.165) is 23.9 Å². The van der Waals surface area contributed by atoms with Crippen LogP contribution in [0.15, 0.2) is 10.8 Å². The van der Waals surface area contributed by atoms with Crippen LogP contribution in [0.4, 0.5) is 0 Å². The molecule has 0 aliphatic rings. The molecule has 0 saturated carbocycles. The van der Waals surface area contributed by atoms with Gasteiger partial charge in [-0.3, -0.25) is 0 Å². The van der Waals surface area contributed by atoms with Crippen LogP contribution in [-0.2, 0) is 12.8 Å². The van der Waals surface area contributed by atoms with Crippen molar-refractivity contribution in [3.8, 4) is 0 Å². The zero-order valence-electron chi connectivity index (χ0n) is 30.5. The van der Waals surface area contributed by atoms with Gasteiger partial charge in [-0.25, -0.2) is 9.97 Å². The molecule has 2 nitrogen and oxygen atoms in total. The fraction of sp³-hybridized carbons (Fsp3) is 0.857. The zero-order valence-corrected chi connectivity index (χ0v) is 31.3. The van der Waals surface area contributed by atoms with E-state index in [-0.39, 0.29) is 0 Å². The third kappa shape index (κ3) is 22.3. The standard InChI is InChI=1S/C42H76N2S/c1-3-5-7-9-11-13-15-17-19-21-23-25-27-29-31-33-35-39-40(44-42-38-45-37-41(42)43-39)36-34-32-30-28-26-24-22-20-18-16-14-12-10-8-6-4-2/h37-38H,3-36H2,1-2H3. The van der Waals surface area contributed by atoms with Crippen LogP contribution in [0, 0.1) is 0 Å². The van der Waals surface area contributed by atoms with Crippen LogP contribution >= 0.6 is 11.3 Å². The molecule has 0 atom stereocenters. The third-order valence-corrected chi connectivity index (χ3v) is 10.7. The summed E-state index contributed by atoms with van der Waals surface area (Å²) in [6, 6.07) is 0. The number of thiophene rings is 1. The van der Waals surface area contributed by atoms with Gasteiger partial charge in [0.1, 0.15) is 0 Å². The number of hydrogen-bond donors (Lipinski definition) is 0. The van der Waals surface area contributed by atoms with Gasteiger partial charge in [0.25, 0.3) is 0 Å². The van der Waals surface area contributed by atoms with Gasteiger partial charge in [0.15, 0.2) is 0 Å². The maximum Gasteiger partial charge on any atom is 0.0997 e. The SMILES string of the molecule is CCCCCCCCCCCCCCCCCCc1nc2cscc2nc1CCCCCCCCCCCCCCCCCC. The second-order valence-electron chi connectivity index (χ2n) is 14.4. The van der Waals surface area contributed by atoms with Gasteiger partial charge >= 0.3 is 0 Å². The van der Waals surface area contributed by atoms with Crippen LogP contribution in [-0.4, -0.2) is 9.97 Å². The maximum absolute atomic E-state index is 5.08. The fourth-order valence-corrected chi connectivity index (χ4v) is 7.62. The summed E-state index contributed by atoms with van der Waals surface area (Å²) in [5.41, 5.74) is 4.82. The summed E-state index contributed by atoms with van der Waals surface area (Å²) < 4.78 is 0. The summed E-state index contributed by atoms with van der Waals surface area (Å²) in [6.45, 7) is 4.61. The normalized spacial score (nSPS) is 11.7. The topological polar surface area (TPSA) is 25.8 Å². The minimum absolute atomic E-state index is 1.11. The molecule has 2 aromatic heterocycles. The van der Waals surface area contributed by atoms with Gasteiger partial charge in [0, 0.05) is 10.8 Å². The molecular formula is C42H76N2S. The average Bonchev–Trinajstić information content (AvgIpc) is 3.51. The highest BCUT2D eigenvalue weighted by atomic mass is 32.1. The molecule has 0 bridgehead atoms. The van der Waals surface area contributed by atoms with E-state index in [0.29, 0.717) is 0 Å². The number of rotatable bonds is 34. The lowest BCUT2D eigenvalue weighted by Crippen LogP contribution is -2.02. The Hall–Kier alpha value is -0.960. The molecule has 0 aliphatic carbocycles. The summed E-state index contributed by atoms with van der Waals surface area (Å²) in [6.07, 6.45) is 47.8. The highest BCUT2D eigenvalue weighted by molar-refractivity contribution is 7.09. The first kappa shape index (κ1) is 40.2. The molecule has 0 saturated heterocycles. The Morgan fingerprint density at radius 2 is 0.556 bits per heavy atom. The molecule has 0 radical (unpaired) electrons. The van der Waals surface area contributed by atoms with E-state index < -0.39 is 0 Å². The lowest BCUT2D eigenvalue weighted by Gasteiger charge is -2.09. The van der Waals surface area contributed by atoms with Crippen molar-refractivity contribution in [2.75, 3.05) is 0 Å². The Morgan fingerprint density at radius 1 is 0.333 bits per heavy atom. The Morgan fingerprint density at radius 3 is 0.800 bits per heavy atom. The number of aromatic nitrogens is 2. The van der Waals surface area contributed by atoms with Gasteiger partial charge in [0.2, 0.25) is 0 Å². The van der Waals surface area contributed by atoms with Crippen LogP contribution in [0.1, 0.15) is 231 Å². The summed E-state index contributed by atoms with van der Waals surface area (Å²) in [7, 11) is 0. The Bertz CT molecular complexity index is 820. The molecule has 2 rings (SSSR count). The monoisotopic (exact) mass is 641 g/mol. The van der Waals surface area contributed by atoms with Crippen molar-refractivity contribution in [1.82, 2.24) is 9.97 Å². The van der Waals surface area contributed by atoms with Crippen molar-refractivity contribution in [3.05, 3.63) is 22.1 Å². The molecular weight excluding hydrogens is 565 g/mol. The van der Waals surface area contributed by atoms with Gasteiger partial charge in [-0.15, -0.1) is 11.3 Å². The van der Waals surface area contributed by atoms with Crippen LogP contribution < -0.4 is 0 Å². The van der Waals surface area contributed by atoms with E-state index in [1.54, 1.807) is 11.3 Å². The van der Waals surface area contributed by atoms with Crippen molar-refractivity contribution in [3.63, 3.8) is 0 Å². The van der Waals surface area contributed by atoms with Crippen molar-refractivity contribution in [2.24, 2.45) is 0 Å². The zero-order chi connectivity index (χ0) is 31.9. The fourth-order valence-electron chi connectivity index (χ4n) is 6.95. The van der Waals surface area contributed by atoms with Crippen molar-refractivity contribution in [1.29, 1.82) is 0 Å². The minimum Gasteiger partial charge on any atom is -0.248 e. The molecule has 0 fully saturated rings. The molecule has 0 unspecified atom stereocenters. The summed E-state index contributed by atoms with van der Waals surface area (Å²) >= 11 is 1.75. The van der Waals surface area contributed by atoms with Gasteiger partial charge in [-0.05, 0) is 25.7 Å². The average molecular weight is 641 g/mol. The van der Waals surface area contributed by atoms with Crippen LogP contribution in [0.5, 0.6) is 0 Å². The van der Waals surface area contributed by atoms with Gasteiger partial charge in [-0.1, -0.05) is 206 Å². The van der Waals surface area contributed by atoms with Crippen LogP contribution in [0.2, 0.25) is 0 Å². The van der Waals surface area contributed by atoms with E-state index in [2.05, 4.69) is 24.6 Å². The number of aryl methyl sites for hydroxylation is 2. The highest BCUT2D eigenvalue weighted by Gasteiger charge is 2.10. The summed E-state index contributed by atoms with van der Waals surface area (Å²) in [4.78, 5) is 10.2. The quantitative estimate of drug-likeness (QED) is 0.0711. The van der Waals surface area contributed by atoms with E-state index in [1.807, 2.05) is 0 Å². The lowest BCUT2D eigenvalue weighted by atomic mass is 10.0. The largest absolute Gasteiger partial charge is 0.248 e. The molecule has 260 valence electrons. The first-order valence-corrected chi connectivity index (χ1v) is 21.5. The second-order valence-corrected chi connectivity index (χ2v) is 15.1. The van der Waals surface area contributed by atoms with E-state index in [1.165, 1.54) is 217 Å². The molecule has 0 aliphatic heterocycles. The third-order valence-electron chi connectivity index (χ3n) is 10.00. The first-order chi connectivity index (χ1) is 22.3. The number of hydrogen-bond acceptors (Lipinski definition) is 3. The molecule has 0 amide bonds. The molecule has 0 aromatic carbocycles. The van der Waals surface area contributed by atoms with Gasteiger partial charge in [-0.2, -0.15) is 0 Å². The highest BCUT2D eigenvalue weighted by Crippen LogP contribution is 2.22. The predicted octanol–water partition coefficient (Wildman–Crippen LogP) is 15.3. The van der Waals surface area contributed by atoms with E-state index in [4.69, 9.17) is 9.97 Å². The van der Waals surface area contributed by atoms with E-state index >= 15 is 0 Å². The van der Waals surface area contributed by atoms with E-state index in [9.17, 15) is 0 Å². The number of nitrogens with zero attached hydrogens (tertiary/aromatic N) is 2. The minimum atomic E-state index is 1.11.